The molecule has 0 bridgehead atoms. The van der Waals surface area contributed by atoms with Gasteiger partial charge in [0.1, 0.15) is 5.82 Å². The van der Waals surface area contributed by atoms with E-state index in [9.17, 15) is 4.79 Å². The summed E-state index contributed by atoms with van der Waals surface area (Å²) < 4.78 is 4.85. The normalized spacial score (nSPS) is 21.3. The van der Waals surface area contributed by atoms with E-state index in [2.05, 4.69) is 15.2 Å². The molecule has 0 spiro atoms. The zero-order chi connectivity index (χ0) is 16.9. The first-order chi connectivity index (χ1) is 11.6. The van der Waals surface area contributed by atoms with Crippen molar-refractivity contribution in [2.45, 2.75) is 32.2 Å². The van der Waals surface area contributed by atoms with E-state index < -0.39 is 0 Å². The SMILES string of the molecule is CCOC(=O)C=Cc1cnc(N[C@@H]2CCN(CC3CC3)C2)c(Cl)c1. The molecule has 2 fully saturated rings. The molecule has 6 heteroatoms. The molecule has 3 rings (SSSR count). The molecular weight excluding hydrogens is 326 g/mol. The van der Waals surface area contributed by atoms with Gasteiger partial charge in [-0.05, 0) is 49.8 Å². The first kappa shape index (κ1) is 17.2. The van der Waals surface area contributed by atoms with Gasteiger partial charge in [0, 0.05) is 37.9 Å². The number of halogens is 1. The van der Waals surface area contributed by atoms with Gasteiger partial charge in [0.05, 0.1) is 11.6 Å². The minimum absolute atomic E-state index is 0.363. The molecule has 1 aromatic heterocycles. The van der Waals surface area contributed by atoms with E-state index >= 15 is 0 Å². The van der Waals surface area contributed by atoms with Crippen LogP contribution in [0.15, 0.2) is 18.3 Å². The number of ether oxygens (including phenoxy) is 1. The van der Waals surface area contributed by atoms with Gasteiger partial charge in [-0.15, -0.1) is 0 Å². The summed E-state index contributed by atoms with van der Waals surface area (Å²) in [7, 11) is 0. The molecule has 1 aliphatic heterocycles. The fraction of sp³-hybridized carbons (Fsp3) is 0.556. The Morgan fingerprint density at radius 3 is 3.04 bits per heavy atom. The van der Waals surface area contributed by atoms with Crippen molar-refractivity contribution in [2.24, 2.45) is 5.92 Å². The zero-order valence-electron chi connectivity index (χ0n) is 14.0. The van der Waals surface area contributed by atoms with Crippen LogP contribution < -0.4 is 5.32 Å². The molecule has 2 heterocycles. The summed E-state index contributed by atoms with van der Waals surface area (Å²) in [5.41, 5.74) is 0.778. The van der Waals surface area contributed by atoms with Crippen molar-refractivity contribution in [1.29, 1.82) is 0 Å². The molecule has 2 aliphatic rings. The Morgan fingerprint density at radius 1 is 1.50 bits per heavy atom. The van der Waals surface area contributed by atoms with Crippen LogP contribution in [0.25, 0.3) is 6.08 Å². The summed E-state index contributed by atoms with van der Waals surface area (Å²) in [4.78, 5) is 18.3. The van der Waals surface area contributed by atoms with Gasteiger partial charge >= 0.3 is 5.97 Å². The van der Waals surface area contributed by atoms with Gasteiger partial charge in [-0.25, -0.2) is 9.78 Å². The second kappa shape index (κ2) is 7.99. The number of carbonyl (C=O) groups is 1. The Morgan fingerprint density at radius 2 is 2.33 bits per heavy atom. The van der Waals surface area contributed by atoms with Gasteiger partial charge in [0.2, 0.25) is 0 Å². The highest BCUT2D eigenvalue weighted by molar-refractivity contribution is 6.33. The molecule has 1 N–H and O–H groups in total. The Hall–Kier alpha value is -1.59. The van der Waals surface area contributed by atoms with Crippen LogP contribution in [0, 0.1) is 5.92 Å². The van der Waals surface area contributed by atoms with Gasteiger partial charge < -0.3 is 15.0 Å². The van der Waals surface area contributed by atoms with Gasteiger partial charge in [-0.2, -0.15) is 0 Å². The average molecular weight is 350 g/mol. The number of rotatable bonds is 7. The number of hydrogen-bond acceptors (Lipinski definition) is 5. The molecule has 1 aliphatic carbocycles. The van der Waals surface area contributed by atoms with E-state index in [1.165, 1.54) is 25.5 Å². The van der Waals surface area contributed by atoms with E-state index in [0.717, 1.165) is 31.0 Å². The van der Waals surface area contributed by atoms with Crippen molar-refractivity contribution in [1.82, 2.24) is 9.88 Å². The van der Waals surface area contributed by atoms with Crippen molar-refractivity contribution in [2.75, 3.05) is 31.6 Å². The van der Waals surface area contributed by atoms with Crippen molar-refractivity contribution in [3.8, 4) is 0 Å². The number of nitrogens with zero attached hydrogens (tertiary/aromatic N) is 2. The summed E-state index contributed by atoms with van der Waals surface area (Å²) in [6, 6.07) is 2.21. The molecular formula is C18H24ClN3O2. The maximum absolute atomic E-state index is 11.3. The third-order valence-corrected chi connectivity index (χ3v) is 4.68. The van der Waals surface area contributed by atoms with Crippen LogP contribution >= 0.6 is 11.6 Å². The highest BCUT2D eigenvalue weighted by atomic mass is 35.5. The molecule has 1 saturated carbocycles. The summed E-state index contributed by atoms with van der Waals surface area (Å²) >= 11 is 6.33. The molecule has 1 atom stereocenters. The number of anilines is 1. The Labute approximate surface area is 148 Å². The topological polar surface area (TPSA) is 54.5 Å². The van der Waals surface area contributed by atoms with E-state index in [1.54, 1.807) is 19.2 Å². The Bertz CT molecular complexity index is 616. The highest BCUT2D eigenvalue weighted by Crippen LogP contribution is 2.31. The number of hydrogen-bond donors (Lipinski definition) is 1. The van der Waals surface area contributed by atoms with Crippen molar-refractivity contribution < 1.29 is 9.53 Å². The second-order valence-corrected chi connectivity index (χ2v) is 6.92. The summed E-state index contributed by atoms with van der Waals surface area (Å²) in [6.07, 6.45) is 8.66. The van der Waals surface area contributed by atoms with Crippen LogP contribution in [0.4, 0.5) is 5.82 Å². The van der Waals surface area contributed by atoms with Crippen LogP contribution in [-0.2, 0) is 9.53 Å². The molecule has 24 heavy (non-hydrogen) atoms. The first-order valence-electron chi connectivity index (χ1n) is 8.63. The standard InChI is InChI=1S/C18H24ClN3O2/c1-2-24-17(23)6-5-14-9-16(19)18(20-10-14)21-15-7-8-22(12-15)11-13-3-4-13/h5-6,9-10,13,15H,2-4,7-8,11-12H2,1H3,(H,20,21)/t15-/m1/s1. The molecule has 5 nitrogen and oxygen atoms in total. The fourth-order valence-corrected chi connectivity index (χ4v) is 3.21. The largest absolute Gasteiger partial charge is 0.463 e. The lowest BCUT2D eigenvalue weighted by Gasteiger charge is -2.17. The third-order valence-electron chi connectivity index (χ3n) is 4.39. The molecule has 0 aromatic carbocycles. The maximum Gasteiger partial charge on any atom is 0.330 e. The van der Waals surface area contributed by atoms with Crippen molar-refractivity contribution >= 4 is 29.5 Å². The summed E-state index contributed by atoms with van der Waals surface area (Å²) in [5.74, 6) is 1.27. The first-order valence-corrected chi connectivity index (χ1v) is 9.01. The second-order valence-electron chi connectivity index (χ2n) is 6.52. The molecule has 1 aromatic rings. The Balaban J connectivity index is 1.54. The number of pyridine rings is 1. The van der Waals surface area contributed by atoms with Gasteiger partial charge in [-0.1, -0.05) is 11.6 Å². The van der Waals surface area contributed by atoms with Crippen LogP contribution in [0.1, 0.15) is 31.7 Å². The number of likely N-dealkylation sites (tertiary alicyclic amines) is 1. The average Bonchev–Trinajstić information content (AvgIpc) is 3.26. The summed E-state index contributed by atoms with van der Waals surface area (Å²) in [6.45, 7) is 5.58. The van der Waals surface area contributed by atoms with Crippen LogP contribution in [0.5, 0.6) is 0 Å². The number of nitrogens with one attached hydrogen (secondary N) is 1. The van der Waals surface area contributed by atoms with Gasteiger partial charge in [-0.3, -0.25) is 0 Å². The van der Waals surface area contributed by atoms with Gasteiger partial charge in [0.15, 0.2) is 0 Å². The lowest BCUT2D eigenvalue weighted by molar-refractivity contribution is -0.137. The number of esters is 1. The molecule has 130 valence electrons. The van der Waals surface area contributed by atoms with Gasteiger partial charge in [0.25, 0.3) is 0 Å². The van der Waals surface area contributed by atoms with Crippen LogP contribution in [0.3, 0.4) is 0 Å². The quantitative estimate of drug-likeness (QED) is 0.605. The minimum atomic E-state index is -0.363. The lowest BCUT2D eigenvalue weighted by Crippen LogP contribution is -2.28. The minimum Gasteiger partial charge on any atom is -0.463 e. The Kier molecular flexibility index (Phi) is 5.74. The monoisotopic (exact) mass is 349 g/mol. The molecule has 0 radical (unpaired) electrons. The van der Waals surface area contributed by atoms with E-state index in [0.29, 0.717) is 23.5 Å². The molecule has 0 amide bonds. The summed E-state index contributed by atoms with van der Waals surface area (Å²) in [5, 5.41) is 4.02. The third kappa shape index (κ3) is 4.95. The van der Waals surface area contributed by atoms with Crippen molar-refractivity contribution in [3.05, 3.63) is 28.9 Å². The van der Waals surface area contributed by atoms with Crippen LogP contribution in [0.2, 0.25) is 5.02 Å². The maximum atomic E-state index is 11.3. The highest BCUT2D eigenvalue weighted by Gasteiger charge is 2.29. The molecule has 1 saturated heterocycles. The zero-order valence-corrected chi connectivity index (χ0v) is 14.8. The fourth-order valence-electron chi connectivity index (χ4n) is 2.98. The number of carbonyl (C=O) groups excluding carboxylic acids is 1. The predicted molar refractivity (Wildman–Crippen MR) is 96.1 cm³/mol. The van der Waals surface area contributed by atoms with E-state index in [-0.39, 0.29) is 5.97 Å². The van der Waals surface area contributed by atoms with E-state index in [4.69, 9.17) is 16.3 Å². The van der Waals surface area contributed by atoms with Crippen molar-refractivity contribution in [3.63, 3.8) is 0 Å². The van der Waals surface area contributed by atoms with E-state index in [1.807, 2.05) is 6.07 Å². The predicted octanol–water partition coefficient (Wildman–Crippen LogP) is 3.21. The molecule has 0 unspecified atom stereocenters. The van der Waals surface area contributed by atoms with Crippen LogP contribution in [-0.4, -0.2) is 48.1 Å². The lowest BCUT2D eigenvalue weighted by atomic mass is 10.2. The number of aromatic nitrogens is 1. The smallest absolute Gasteiger partial charge is 0.330 e.